The topological polar surface area (TPSA) is 66.2 Å². The van der Waals surface area contributed by atoms with Crippen molar-refractivity contribution < 1.29 is 9.47 Å². The smallest absolute Gasteiger partial charge is 0.266 e. The van der Waals surface area contributed by atoms with Gasteiger partial charge in [-0.3, -0.25) is 14.3 Å². The van der Waals surface area contributed by atoms with Crippen LogP contribution in [0, 0.1) is 6.92 Å². The van der Waals surface area contributed by atoms with E-state index in [1.165, 1.54) is 0 Å². The molecule has 0 spiro atoms. The van der Waals surface area contributed by atoms with E-state index in [4.69, 9.17) is 14.5 Å². The molecule has 4 rings (SSSR count). The van der Waals surface area contributed by atoms with Crippen molar-refractivity contribution in [2.75, 3.05) is 14.2 Å². The van der Waals surface area contributed by atoms with E-state index < -0.39 is 0 Å². The number of pyridine rings is 1. The fourth-order valence-electron chi connectivity index (χ4n) is 3.32. The maximum absolute atomic E-state index is 13.6. The van der Waals surface area contributed by atoms with Crippen molar-refractivity contribution >= 4 is 23.1 Å². The summed E-state index contributed by atoms with van der Waals surface area (Å²) in [6.45, 7) is 1.97. The normalized spacial score (nSPS) is 11.2. The highest BCUT2D eigenvalue weighted by Gasteiger charge is 2.16. The number of benzene rings is 2. The average Bonchev–Trinajstić information content (AvgIpc) is 2.78. The molecule has 0 radical (unpaired) electrons. The lowest BCUT2D eigenvalue weighted by atomic mass is 10.1. The number of hydrogen-bond acceptors (Lipinski definition) is 5. The molecule has 0 fully saturated rings. The molecule has 4 aromatic rings. The average molecular weight is 399 g/mol. The van der Waals surface area contributed by atoms with Gasteiger partial charge in [0.1, 0.15) is 5.82 Å². The summed E-state index contributed by atoms with van der Waals surface area (Å²) in [6, 6.07) is 16.8. The van der Waals surface area contributed by atoms with Crippen LogP contribution >= 0.6 is 0 Å². The van der Waals surface area contributed by atoms with E-state index in [-0.39, 0.29) is 5.56 Å². The first-order valence-corrected chi connectivity index (χ1v) is 9.46. The summed E-state index contributed by atoms with van der Waals surface area (Å²) >= 11 is 0. The molecule has 0 aliphatic carbocycles. The fraction of sp³-hybridized carbons (Fsp3) is 0.125. The summed E-state index contributed by atoms with van der Waals surface area (Å²) in [5.41, 5.74) is 2.86. The van der Waals surface area contributed by atoms with Gasteiger partial charge in [-0.15, -0.1) is 0 Å². The molecule has 0 amide bonds. The van der Waals surface area contributed by atoms with Gasteiger partial charge in [-0.05, 0) is 48.9 Å². The molecule has 0 aliphatic heterocycles. The minimum atomic E-state index is -0.184. The van der Waals surface area contributed by atoms with Crippen LogP contribution in [0.2, 0.25) is 0 Å². The zero-order chi connectivity index (χ0) is 21.1. The van der Waals surface area contributed by atoms with Gasteiger partial charge in [0.05, 0.1) is 36.5 Å². The Labute approximate surface area is 174 Å². The van der Waals surface area contributed by atoms with E-state index in [1.807, 2.05) is 55.5 Å². The first-order chi connectivity index (χ1) is 14.6. The lowest BCUT2D eigenvalue weighted by molar-refractivity contribution is 0.355. The third kappa shape index (κ3) is 3.55. The summed E-state index contributed by atoms with van der Waals surface area (Å²) in [5, 5.41) is 0.450. The van der Waals surface area contributed by atoms with Gasteiger partial charge in [0.2, 0.25) is 0 Å². The van der Waals surface area contributed by atoms with Crippen LogP contribution < -0.4 is 15.0 Å². The lowest BCUT2D eigenvalue weighted by Crippen LogP contribution is -2.23. The van der Waals surface area contributed by atoms with Gasteiger partial charge >= 0.3 is 0 Å². The van der Waals surface area contributed by atoms with E-state index in [0.717, 1.165) is 16.9 Å². The van der Waals surface area contributed by atoms with Crippen molar-refractivity contribution in [1.29, 1.82) is 0 Å². The number of nitrogens with zero attached hydrogens (tertiary/aromatic N) is 3. The van der Waals surface area contributed by atoms with Crippen molar-refractivity contribution in [2.24, 2.45) is 0 Å². The Morgan fingerprint density at radius 2 is 1.67 bits per heavy atom. The monoisotopic (exact) mass is 399 g/mol. The van der Waals surface area contributed by atoms with Crippen LogP contribution in [0.1, 0.15) is 17.1 Å². The molecular weight excluding hydrogens is 378 g/mol. The Balaban J connectivity index is 2.02. The van der Waals surface area contributed by atoms with Gasteiger partial charge in [-0.25, -0.2) is 4.98 Å². The van der Waals surface area contributed by atoms with Crippen molar-refractivity contribution in [2.45, 2.75) is 6.92 Å². The number of methoxy groups -OCH3 is 2. The molecule has 150 valence electrons. The predicted molar refractivity (Wildman–Crippen MR) is 118 cm³/mol. The zero-order valence-corrected chi connectivity index (χ0v) is 17.0. The first-order valence-electron chi connectivity index (χ1n) is 9.46. The highest BCUT2D eigenvalue weighted by molar-refractivity contribution is 5.83. The molecule has 0 N–H and O–H groups in total. The van der Waals surface area contributed by atoms with Gasteiger partial charge < -0.3 is 9.47 Å². The molecule has 2 heterocycles. The molecular formula is C24H21N3O3. The molecule has 0 saturated heterocycles. The zero-order valence-electron chi connectivity index (χ0n) is 17.0. The Hall–Kier alpha value is -3.93. The van der Waals surface area contributed by atoms with E-state index >= 15 is 0 Å². The minimum Gasteiger partial charge on any atom is -0.493 e. The Bertz CT molecular complexity index is 1290. The Morgan fingerprint density at radius 1 is 0.933 bits per heavy atom. The molecule has 30 heavy (non-hydrogen) atoms. The standard InChI is InChI=1S/C24H21N3O3/c1-16-8-4-5-10-20(16)27-23(12-11-17-9-6-7-13-25-17)26-19-15-22(30-3)21(29-2)14-18(19)24(27)28/h4-15H,1-3H3/b12-11+. The minimum absolute atomic E-state index is 0.184. The second-order valence-electron chi connectivity index (χ2n) is 6.71. The van der Waals surface area contributed by atoms with E-state index in [0.29, 0.717) is 28.2 Å². The van der Waals surface area contributed by atoms with Crippen molar-refractivity contribution in [1.82, 2.24) is 14.5 Å². The molecule has 6 nitrogen and oxygen atoms in total. The number of aryl methyl sites for hydroxylation is 1. The number of ether oxygens (including phenoxy) is 2. The van der Waals surface area contributed by atoms with Crippen LogP contribution in [-0.2, 0) is 0 Å². The van der Waals surface area contributed by atoms with Crippen LogP contribution in [0.4, 0.5) is 0 Å². The van der Waals surface area contributed by atoms with Crippen LogP contribution in [0.25, 0.3) is 28.7 Å². The molecule has 0 saturated carbocycles. The predicted octanol–water partition coefficient (Wildman–Crippen LogP) is 4.28. The Morgan fingerprint density at radius 3 is 2.37 bits per heavy atom. The number of aromatic nitrogens is 3. The van der Waals surface area contributed by atoms with Gasteiger partial charge in [-0.1, -0.05) is 24.3 Å². The molecule has 2 aromatic heterocycles. The van der Waals surface area contributed by atoms with Gasteiger partial charge in [0, 0.05) is 12.3 Å². The lowest BCUT2D eigenvalue weighted by Gasteiger charge is -2.15. The van der Waals surface area contributed by atoms with Gasteiger partial charge in [-0.2, -0.15) is 0 Å². The Kier molecular flexibility index (Phi) is 5.30. The van der Waals surface area contributed by atoms with Crippen molar-refractivity contribution in [3.8, 4) is 17.2 Å². The fourth-order valence-corrected chi connectivity index (χ4v) is 3.32. The summed E-state index contributed by atoms with van der Waals surface area (Å²) in [4.78, 5) is 22.6. The van der Waals surface area contributed by atoms with Crippen LogP contribution in [-0.4, -0.2) is 28.8 Å². The number of rotatable bonds is 5. The van der Waals surface area contributed by atoms with Crippen LogP contribution in [0.3, 0.4) is 0 Å². The molecule has 6 heteroatoms. The molecule has 0 unspecified atom stereocenters. The first kappa shape index (κ1) is 19.4. The van der Waals surface area contributed by atoms with Crippen LogP contribution in [0.15, 0.2) is 65.6 Å². The quantitative estimate of drug-likeness (QED) is 0.501. The summed E-state index contributed by atoms with van der Waals surface area (Å²) in [5.74, 6) is 1.50. The summed E-state index contributed by atoms with van der Waals surface area (Å²) in [6.07, 6.45) is 5.36. The van der Waals surface area contributed by atoms with Crippen LogP contribution in [0.5, 0.6) is 11.5 Å². The number of fused-ring (bicyclic) bond motifs is 1. The van der Waals surface area contributed by atoms with Gasteiger partial charge in [0.25, 0.3) is 5.56 Å². The van der Waals surface area contributed by atoms with Crippen molar-refractivity contribution in [3.05, 3.63) is 88.2 Å². The maximum Gasteiger partial charge on any atom is 0.266 e. The highest BCUT2D eigenvalue weighted by Crippen LogP contribution is 2.30. The summed E-state index contributed by atoms with van der Waals surface area (Å²) < 4.78 is 12.4. The maximum atomic E-state index is 13.6. The second-order valence-corrected chi connectivity index (χ2v) is 6.71. The molecule has 0 aliphatic rings. The summed E-state index contributed by atoms with van der Waals surface area (Å²) in [7, 11) is 3.10. The molecule has 0 atom stereocenters. The third-order valence-electron chi connectivity index (χ3n) is 4.85. The largest absolute Gasteiger partial charge is 0.493 e. The van der Waals surface area contributed by atoms with Crippen molar-refractivity contribution in [3.63, 3.8) is 0 Å². The SMILES string of the molecule is COc1cc2nc(/C=C/c3ccccn3)n(-c3ccccc3C)c(=O)c2cc1OC. The molecule has 0 bridgehead atoms. The number of hydrogen-bond donors (Lipinski definition) is 0. The molecule has 2 aromatic carbocycles. The van der Waals surface area contributed by atoms with E-state index in [9.17, 15) is 4.79 Å². The number of para-hydroxylation sites is 1. The van der Waals surface area contributed by atoms with Gasteiger partial charge in [0.15, 0.2) is 11.5 Å². The van der Waals surface area contributed by atoms with E-state index in [2.05, 4.69) is 4.98 Å². The second kappa shape index (κ2) is 8.21. The highest BCUT2D eigenvalue weighted by atomic mass is 16.5. The third-order valence-corrected chi connectivity index (χ3v) is 4.85. The van der Waals surface area contributed by atoms with E-state index in [1.54, 1.807) is 43.2 Å².